The van der Waals surface area contributed by atoms with Crippen LogP contribution in [0.25, 0.3) is 5.57 Å². The van der Waals surface area contributed by atoms with Crippen LogP contribution >= 0.6 is 22.9 Å². The van der Waals surface area contributed by atoms with Gasteiger partial charge in [0.1, 0.15) is 5.70 Å². The fourth-order valence-electron chi connectivity index (χ4n) is 3.12. The Morgan fingerprint density at radius 1 is 0.964 bits per heavy atom. The summed E-state index contributed by atoms with van der Waals surface area (Å²) in [5.74, 6) is -0.723. The number of amides is 2. The summed E-state index contributed by atoms with van der Waals surface area (Å²) in [6.45, 7) is 3.95. The van der Waals surface area contributed by atoms with Gasteiger partial charge in [0.15, 0.2) is 0 Å². The van der Waals surface area contributed by atoms with Crippen molar-refractivity contribution in [2.24, 2.45) is 0 Å². The Bertz CT molecular complexity index is 1100. The van der Waals surface area contributed by atoms with Gasteiger partial charge in [-0.3, -0.25) is 9.59 Å². The molecule has 0 unspecified atom stereocenters. The molecular formula is C22H17ClN2O2S. The molecule has 1 aromatic heterocycles. The highest BCUT2D eigenvalue weighted by Crippen LogP contribution is 2.36. The second-order valence-electron chi connectivity index (χ2n) is 6.59. The molecule has 1 aliphatic heterocycles. The van der Waals surface area contributed by atoms with Gasteiger partial charge < -0.3 is 5.32 Å². The Labute approximate surface area is 172 Å². The molecule has 0 radical (unpaired) electrons. The summed E-state index contributed by atoms with van der Waals surface area (Å²) in [5, 5.41) is 5.66. The molecule has 2 amide bonds. The lowest BCUT2D eigenvalue weighted by Gasteiger charge is -2.16. The second-order valence-corrected chi connectivity index (χ2v) is 7.98. The van der Waals surface area contributed by atoms with Gasteiger partial charge in [0, 0.05) is 15.6 Å². The average Bonchev–Trinajstić information content (AvgIpc) is 3.27. The van der Waals surface area contributed by atoms with Crippen LogP contribution in [0, 0.1) is 13.8 Å². The molecule has 4 rings (SSSR count). The summed E-state index contributed by atoms with van der Waals surface area (Å²) in [5.41, 5.74) is 4.04. The number of aryl methyl sites for hydroxylation is 2. The molecule has 140 valence electrons. The van der Waals surface area contributed by atoms with Crippen LogP contribution in [0.2, 0.25) is 5.02 Å². The first-order chi connectivity index (χ1) is 13.5. The van der Waals surface area contributed by atoms with Crippen molar-refractivity contribution >= 4 is 51.7 Å². The van der Waals surface area contributed by atoms with Crippen molar-refractivity contribution in [2.75, 3.05) is 10.2 Å². The van der Waals surface area contributed by atoms with E-state index in [1.54, 1.807) is 24.3 Å². The number of thiophene rings is 1. The molecule has 0 bridgehead atoms. The van der Waals surface area contributed by atoms with Crippen LogP contribution in [0.1, 0.15) is 16.0 Å². The van der Waals surface area contributed by atoms with Crippen LogP contribution in [-0.2, 0) is 9.59 Å². The first-order valence-electron chi connectivity index (χ1n) is 8.72. The Hall–Kier alpha value is -2.89. The average molecular weight is 409 g/mol. The molecule has 4 nitrogen and oxygen atoms in total. The maximum absolute atomic E-state index is 13.3. The van der Waals surface area contributed by atoms with Crippen LogP contribution in [0.3, 0.4) is 0 Å². The number of hydrogen-bond donors (Lipinski definition) is 1. The molecule has 2 aromatic carbocycles. The number of nitrogens with one attached hydrogen (secondary N) is 1. The maximum atomic E-state index is 13.3. The Balaban J connectivity index is 1.81. The van der Waals surface area contributed by atoms with Crippen LogP contribution < -0.4 is 10.2 Å². The van der Waals surface area contributed by atoms with E-state index in [1.807, 2.05) is 49.6 Å². The summed E-state index contributed by atoms with van der Waals surface area (Å²) in [4.78, 5) is 28.4. The molecule has 1 aliphatic rings. The van der Waals surface area contributed by atoms with Crippen LogP contribution in [0.15, 0.2) is 65.7 Å². The largest absolute Gasteiger partial charge is 0.350 e. The van der Waals surface area contributed by atoms with Gasteiger partial charge in [0.25, 0.3) is 11.8 Å². The van der Waals surface area contributed by atoms with E-state index in [-0.39, 0.29) is 17.5 Å². The van der Waals surface area contributed by atoms with Gasteiger partial charge in [-0.05, 0) is 66.8 Å². The molecule has 0 saturated carbocycles. The highest BCUT2D eigenvalue weighted by Gasteiger charge is 2.40. The van der Waals surface area contributed by atoms with Gasteiger partial charge in [-0.15, -0.1) is 11.3 Å². The molecule has 0 aliphatic carbocycles. The fraction of sp³-hybridized carbons (Fsp3) is 0.0909. The summed E-state index contributed by atoms with van der Waals surface area (Å²) >= 11 is 7.39. The summed E-state index contributed by atoms with van der Waals surface area (Å²) in [6.07, 6.45) is 0. The number of imide groups is 1. The molecule has 6 heteroatoms. The van der Waals surface area contributed by atoms with E-state index >= 15 is 0 Å². The predicted octanol–water partition coefficient (Wildman–Crippen LogP) is 5.41. The number of anilines is 2. The highest BCUT2D eigenvalue weighted by molar-refractivity contribution is 7.11. The third-order valence-electron chi connectivity index (χ3n) is 4.59. The molecule has 0 fully saturated rings. The molecule has 28 heavy (non-hydrogen) atoms. The van der Waals surface area contributed by atoms with Crippen molar-refractivity contribution < 1.29 is 9.59 Å². The number of halogens is 1. The van der Waals surface area contributed by atoms with Crippen molar-refractivity contribution in [3.8, 4) is 0 Å². The van der Waals surface area contributed by atoms with Gasteiger partial charge in [-0.25, -0.2) is 4.90 Å². The SMILES string of the molecule is Cc1ccc(C)c(NC2=C(c3cccs3)C(=O)N(c3ccc(Cl)cc3)C2=O)c1. The van der Waals surface area contributed by atoms with Crippen LogP contribution in [0.4, 0.5) is 11.4 Å². The zero-order valence-electron chi connectivity index (χ0n) is 15.3. The lowest BCUT2D eigenvalue weighted by atomic mass is 10.1. The molecule has 1 N–H and O–H groups in total. The Morgan fingerprint density at radius 3 is 2.39 bits per heavy atom. The van der Waals surface area contributed by atoms with E-state index in [1.165, 1.54) is 16.2 Å². The Kier molecular flexibility index (Phi) is 4.79. The first-order valence-corrected chi connectivity index (χ1v) is 9.98. The van der Waals surface area contributed by atoms with Crippen molar-refractivity contribution in [3.05, 3.63) is 86.7 Å². The minimum Gasteiger partial charge on any atom is -0.350 e. The van der Waals surface area contributed by atoms with E-state index in [2.05, 4.69) is 5.32 Å². The number of carbonyl (C=O) groups is 2. The summed E-state index contributed by atoms with van der Waals surface area (Å²) < 4.78 is 0. The van der Waals surface area contributed by atoms with E-state index in [0.29, 0.717) is 16.3 Å². The molecule has 3 aromatic rings. The third kappa shape index (κ3) is 3.23. The van der Waals surface area contributed by atoms with Crippen molar-refractivity contribution in [3.63, 3.8) is 0 Å². The first kappa shape index (κ1) is 18.5. The number of hydrogen-bond acceptors (Lipinski definition) is 4. The van der Waals surface area contributed by atoms with Crippen molar-refractivity contribution in [2.45, 2.75) is 13.8 Å². The van der Waals surface area contributed by atoms with Gasteiger partial charge in [-0.2, -0.15) is 0 Å². The zero-order valence-corrected chi connectivity index (χ0v) is 16.9. The zero-order chi connectivity index (χ0) is 19.8. The van der Waals surface area contributed by atoms with Gasteiger partial charge in [0.2, 0.25) is 0 Å². The van der Waals surface area contributed by atoms with E-state index in [9.17, 15) is 9.59 Å². The molecule has 0 saturated heterocycles. The molecule has 0 atom stereocenters. The normalized spacial score (nSPS) is 14.2. The van der Waals surface area contributed by atoms with Crippen molar-refractivity contribution in [1.29, 1.82) is 0 Å². The maximum Gasteiger partial charge on any atom is 0.282 e. The number of carbonyl (C=O) groups excluding carboxylic acids is 2. The topological polar surface area (TPSA) is 49.4 Å². The number of rotatable bonds is 4. The van der Waals surface area contributed by atoms with Crippen LogP contribution in [0.5, 0.6) is 0 Å². The second kappa shape index (κ2) is 7.26. The lowest BCUT2D eigenvalue weighted by molar-refractivity contribution is -0.120. The lowest BCUT2D eigenvalue weighted by Crippen LogP contribution is -2.32. The minimum atomic E-state index is -0.378. The highest BCUT2D eigenvalue weighted by atomic mass is 35.5. The standard InChI is InChI=1S/C22H17ClN2O2S/c1-13-5-6-14(2)17(12-13)24-20-19(18-4-3-11-28-18)21(26)25(22(20)27)16-9-7-15(23)8-10-16/h3-12,24H,1-2H3. The van der Waals surface area contributed by atoms with Crippen molar-refractivity contribution in [1.82, 2.24) is 0 Å². The molecule has 0 spiro atoms. The van der Waals surface area contributed by atoms with E-state index in [4.69, 9.17) is 11.6 Å². The minimum absolute atomic E-state index is 0.288. The fourth-order valence-corrected chi connectivity index (χ4v) is 4.02. The Morgan fingerprint density at radius 2 is 1.71 bits per heavy atom. The molecular weight excluding hydrogens is 392 g/mol. The summed E-state index contributed by atoms with van der Waals surface area (Å²) in [7, 11) is 0. The van der Waals surface area contributed by atoms with Crippen LogP contribution in [-0.4, -0.2) is 11.8 Å². The smallest absolute Gasteiger partial charge is 0.282 e. The van der Waals surface area contributed by atoms with E-state index < -0.39 is 0 Å². The third-order valence-corrected chi connectivity index (χ3v) is 5.73. The van der Waals surface area contributed by atoms with E-state index in [0.717, 1.165) is 21.7 Å². The molecule has 2 heterocycles. The summed E-state index contributed by atoms with van der Waals surface area (Å²) in [6, 6.07) is 16.4. The number of nitrogens with zero attached hydrogens (tertiary/aromatic N) is 1. The van der Waals surface area contributed by atoms with Gasteiger partial charge in [-0.1, -0.05) is 29.8 Å². The predicted molar refractivity (Wildman–Crippen MR) is 115 cm³/mol. The number of benzene rings is 2. The quantitative estimate of drug-likeness (QED) is 0.587. The van der Waals surface area contributed by atoms with Gasteiger partial charge in [0.05, 0.1) is 11.3 Å². The van der Waals surface area contributed by atoms with Gasteiger partial charge >= 0.3 is 0 Å². The monoisotopic (exact) mass is 408 g/mol.